The number of nitrogens with one attached hydrogen (secondary N) is 1. The van der Waals surface area contributed by atoms with Crippen LogP contribution in [-0.4, -0.2) is 44.8 Å². The Morgan fingerprint density at radius 2 is 1.89 bits per heavy atom. The van der Waals surface area contributed by atoms with Gasteiger partial charge >= 0.3 is 12.1 Å². The Morgan fingerprint density at radius 1 is 1.15 bits per heavy atom. The monoisotopic (exact) mass is 368 g/mol. The van der Waals surface area contributed by atoms with E-state index in [2.05, 4.69) is 10.3 Å². The lowest BCUT2D eigenvalue weighted by Gasteiger charge is -2.18. The maximum Gasteiger partial charge on any atom is 0.416 e. The van der Waals surface area contributed by atoms with Gasteiger partial charge in [0.05, 0.1) is 5.52 Å². The van der Waals surface area contributed by atoms with E-state index in [1.54, 1.807) is 41.3 Å². The van der Waals surface area contributed by atoms with Crippen LogP contribution in [0.1, 0.15) is 13.8 Å². The maximum absolute atomic E-state index is 12.1. The zero-order valence-electron chi connectivity index (χ0n) is 15.0. The van der Waals surface area contributed by atoms with Crippen LogP contribution < -0.4 is 10.1 Å². The summed E-state index contributed by atoms with van der Waals surface area (Å²) < 4.78 is 6.94. The van der Waals surface area contributed by atoms with E-state index in [9.17, 15) is 14.7 Å². The summed E-state index contributed by atoms with van der Waals surface area (Å²) in [6, 6.07) is 9.95. The van der Waals surface area contributed by atoms with Crippen molar-refractivity contribution >= 4 is 28.8 Å². The number of urea groups is 1. The highest BCUT2D eigenvalue weighted by Gasteiger charge is 2.11. The number of benzene rings is 1. The minimum atomic E-state index is -1.06. The molecule has 2 heterocycles. The first-order chi connectivity index (χ1) is 13.0. The highest BCUT2D eigenvalue weighted by atomic mass is 16.5. The topological polar surface area (TPSA) is 96.7 Å². The molecular weight excluding hydrogens is 348 g/mol. The number of hydrogen-bond acceptors (Lipinski definition) is 4. The normalized spacial score (nSPS) is 10.6. The van der Waals surface area contributed by atoms with Gasteiger partial charge in [0.2, 0.25) is 0 Å². The van der Waals surface area contributed by atoms with E-state index in [0.717, 1.165) is 9.95 Å². The molecule has 0 bridgehead atoms. The zero-order chi connectivity index (χ0) is 19.4. The third-order valence-corrected chi connectivity index (χ3v) is 4.12. The van der Waals surface area contributed by atoms with Crippen LogP contribution in [0.25, 0.3) is 10.9 Å². The van der Waals surface area contributed by atoms with Crippen LogP contribution in [0.15, 0.2) is 48.8 Å². The van der Waals surface area contributed by atoms with Gasteiger partial charge in [-0.3, -0.25) is 9.88 Å². The van der Waals surface area contributed by atoms with Gasteiger partial charge in [0.1, 0.15) is 17.3 Å². The number of ether oxygens (including phenoxy) is 1. The molecule has 0 radical (unpaired) electrons. The lowest BCUT2D eigenvalue weighted by atomic mass is 10.2. The predicted molar refractivity (Wildman–Crippen MR) is 102 cm³/mol. The van der Waals surface area contributed by atoms with Crippen LogP contribution in [0.4, 0.5) is 15.4 Å². The zero-order valence-corrected chi connectivity index (χ0v) is 15.0. The molecule has 0 spiro atoms. The summed E-state index contributed by atoms with van der Waals surface area (Å²) in [5.41, 5.74) is 0.532. The molecular formula is C19H20N4O4. The van der Waals surface area contributed by atoms with Gasteiger partial charge in [0.15, 0.2) is 0 Å². The van der Waals surface area contributed by atoms with Crippen molar-refractivity contribution in [2.24, 2.45) is 0 Å². The number of hydrogen-bond donors (Lipinski definition) is 2. The Hall–Kier alpha value is -3.55. The van der Waals surface area contributed by atoms with Crippen molar-refractivity contribution < 1.29 is 19.4 Å². The van der Waals surface area contributed by atoms with E-state index in [-0.39, 0.29) is 6.03 Å². The van der Waals surface area contributed by atoms with Crippen LogP contribution in [0.3, 0.4) is 0 Å². The number of carboxylic acid groups (broad SMARTS) is 1. The smallest absolute Gasteiger partial charge is 0.416 e. The van der Waals surface area contributed by atoms with Crippen molar-refractivity contribution in [1.82, 2.24) is 14.5 Å². The maximum atomic E-state index is 12.1. The van der Waals surface area contributed by atoms with Gasteiger partial charge in [-0.2, -0.15) is 0 Å². The minimum absolute atomic E-state index is 0.231. The van der Waals surface area contributed by atoms with E-state index in [4.69, 9.17) is 4.74 Å². The lowest BCUT2D eigenvalue weighted by molar-refractivity contribution is 0.197. The standard InChI is InChI=1S/C19H20N4O4/c1-3-22(4-2)18(24)21-17-12-15(7-9-20-17)27-14-6-5-13-8-10-23(19(25)26)16(13)11-14/h5-12H,3-4H2,1-2H3,(H,25,26)(H,20,21,24). The fourth-order valence-corrected chi connectivity index (χ4v) is 2.72. The molecule has 3 rings (SSSR count). The molecule has 2 amide bonds. The first kappa shape index (κ1) is 18.2. The fraction of sp³-hybridized carbons (Fsp3) is 0.211. The number of anilines is 1. The van der Waals surface area contributed by atoms with Crippen molar-refractivity contribution in [1.29, 1.82) is 0 Å². The molecule has 1 aromatic carbocycles. The van der Waals surface area contributed by atoms with E-state index in [0.29, 0.717) is 35.9 Å². The summed E-state index contributed by atoms with van der Waals surface area (Å²) in [5, 5.41) is 12.8. The van der Waals surface area contributed by atoms with E-state index >= 15 is 0 Å². The van der Waals surface area contributed by atoms with Crippen LogP contribution in [0.2, 0.25) is 0 Å². The highest BCUT2D eigenvalue weighted by molar-refractivity contribution is 5.90. The van der Waals surface area contributed by atoms with Crippen LogP contribution in [0, 0.1) is 0 Å². The molecule has 2 aromatic heterocycles. The first-order valence-corrected chi connectivity index (χ1v) is 8.56. The van der Waals surface area contributed by atoms with E-state index in [1.165, 1.54) is 12.4 Å². The number of rotatable bonds is 5. The third kappa shape index (κ3) is 4.00. The molecule has 0 saturated carbocycles. The lowest BCUT2D eigenvalue weighted by Crippen LogP contribution is -2.34. The number of pyridine rings is 1. The van der Waals surface area contributed by atoms with Crippen molar-refractivity contribution in [2.45, 2.75) is 13.8 Å². The van der Waals surface area contributed by atoms with Crippen LogP contribution in [-0.2, 0) is 0 Å². The second kappa shape index (κ2) is 7.77. The fourth-order valence-electron chi connectivity index (χ4n) is 2.72. The number of nitrogens with zero attached hydrogens (tertiary/aromatic N) is 3. The highest BCUT2D eigenvalue weighted by Crippen LogP contribution is 2.27. The average molecular weight is 368 g/mol. The number of amides is 2. The number of fused-ring (bicyclic) bond motifs is 1. The molecule has 140 valence electrons. The summed E-state index contributed by atoms with van der Waals surface area (Å²) in [6.07, 6.45) is 1.96. The molecule has 3 aromatic rings. The molecule has 8 nitrogen and oxygen atoms in total. The summed E-state index contributed by atoms with van der Waals surface area (Å²) >= 11 is 0. The van der Waals surface area contributed by atoms with Crippen molar-refractivity contribution in [3.05, 3.63) is 48.8 Å². The summed E-state index contributed by atoms with van der Waals surface area (Å²) in [4.78, 5) is 29.2. The molecule has 0 aliphatic rings. The van der Waals surface area contributed by atoms with Crippen molar-refractivity contribution in [3.8, 4) is 11.5 Å². The Labute approximate surface area is 156 Å². The molecule has 0 fully saturated rings. The van der Waals surface area contributed by atoms with E-state index in [1.807, 2.05) is 13.8 Å². The van der Waals surface area contributed by atoms with Gasteiger partial charge in [-0.25, -0.2) is 14.6 Å². The van der Waals surface area contributed by atoms with Gasteiger partial charge in [-0.1, -0.05) is 0 Å². The minimum Gasteiger partial charge on any atom is -0.464 e. The molecule has 0 aliphatic carbocycles. The van der Waals surface area contributed by atoms with Crippen molar-refractivity contribution in [3.63, 3.8) is 0 Å². The molecule has 2 N–H and O–H groups in total. The summed E-state index contributed by atoms with van der Waals surface area (Å²) in [6.45, 7) is 5.00. The molecule has 8 heteroatoms. The van der Waals surface area contributed by atoms with Crippen LogP contribution >= 0.6 is 0 Å². The second-order valence-corrected chi connectivity index (χ2v) is 5.77. The van der Waals surface area contributed by atoms with Crippen LogP contribution in [0.5, 0.6) is 11.5 Å². The number of carbonyl (C=O) groups excluding carboxylic acids is 1. The molecule has 27 heavy (non-hydrogen) atoms. The summed E-state index contributed by atoms with van der Waals surface area (Å²) in [7, 11) is 0. The van der Waals surface area contributed by atoms with Gasteiger partial charge in [0, 0.05) is 43.0 Å². The Balaban J connectivity index is 1.80. The van der Waals surface area contributed by atoms with Gasteiger partial charge < -0.3 is 14.7 Å². The Morgan fingerprint density at radius 3 is 2.59 bits per heavy atom. The predicted octanol–water partition coefficient (Wildman–Crippen LogP) is 4.23. The molecule has 0 atom stereocenters. The Kier molecular flexibility index (Phi) is 5.25. The van der Waals surface area contributed by atoms with Gasteiger partial charge in [-0.05, 0) is 38.1 Å². The van der Waals surface area contributed by atoms with Gasteiger partial charge in [0.25, 0.3) is 0 Å². The van der Waals surface area contributed by atoms with Gasteiger partial charge in [-0.15, -0.1) is 0 Å². The quantitative estimate of drug-likeness (QED) is 0.702. The molecule has 0 unspecified atom stereocenters. The van der Waals surface area contributed by atoms with Crippen molar-refractivity contribution in [2.75, 3.05) is 18.4 Å². The second-order valence-electron chi connectivity index (χ2n) is 5.77. The SMILES string of the molecule is CCN(CC)C(=O)Nc1cc(Oc2ccc3ccn(C(=O)O)c3c2)ccn1. The largest absolute Gasteiger partial charge is 0.464 e. The number of carbonyl (C=O) groups is 2. The number of aromatic nitrogens is 2. The third-order valence-electron chi connectivity index (χ3n) is 4.12. The average Bonchev–Trinajstić information content (AvgIpc) is 3.06. The molecule has 0 aliphatic heterocycles. The summed E-state index contributed by atoms with van der Waals surface area (Å²) in [5.74, 6) is 1.34. The van der Waals surface area contributed by atoms with E-state index < -0.39 is 6.09 Å². The molecule has 0 saturated heterocycles. The Bertz CT molecular complexity index is 979. The first-order valence-electron chi connectivity index (χ1n) is 8.56.